The first-order valence-corrected chi connectivity index (χ1v) is 8.01. The van der Waals surface area contributed by atoms with Crippen LogP contribution in [0.3, 0.4) is 0 Å². The largest absolute Gasteiger partial charge is 0.354 e. The van der Waals surface area contributed by atoms with Crippen LogP contribution in [0, 0.1) is 5.92 Å². The van der Waals surface area contributed by atoms with E-state index in [4.69, 9.17) is 0 Å². The van der Waals surface area contributed by atoms with Gasteiger partial charge >= 0.3 is 0 Å². The lowest BCUT2D eigenvalue weighted by Gasteiger charge is -2.27. The van der Waals surface area contributed by atoms with E-state index in [1.807, 2.05) is 0 Å². The van der Waals surface area contributed by atoms with Crippen LogP contribution < -0.4 is 10.6 Å². The van der Waals surface area contributed by atoms with E-state index >= 15 is 0 Å². The third kappa shape index (κ3) is 4.25. The molecule has 0 bridgehead atoms. The lowest BCUT2D eigenvalue weighted by atomic mass is 9.93. The standard InChI is InChI=1S/C15H27N3O.2ClH/c1-2-15(7-3-8-17-15)14(19)16-10-12-6-9-18(11-12)13-4-5-13;;/h12-13,17H,2-11H2,1H3,(H,16,19);2*1H. The quantitative estimate of drug-likeness (QED) is 0.806. The molecule has 0 aromatic rings. The minimum Gasteiger partial charge on any atom is -0.354 e. The zero-order valence-electron chi connectivity index (χ0n) is 12.9. The average molecular weight is 338 g/mol. The first kappa shape index (κ1) is 19.0. The molecule has 1 aliphatic carbocycles. The molecule has 1 saturated carbocycles. The number of carbonyl (C=O) groups is 1. The Balaban J connectivity index is 0.00000110. The number of likely N-dealkylation sites (tertiary alicyclic amines) is 1. The predicted octanol–water partition coefficient (Wildman–Crippen LogP) is 1.96. The van der Waals surface area contributed by atoms with Crippen molar-refractivity contribution < 1.29 is 4.79 Å². The molecule has 0 aromatic heterocycles. The second-order valence-electron chi connectivity index (χ2n) is 6.56. The van der Waals surface area contributed by atoms with Crippen LogP contribution in [0.4, 0.5) is 0 Å². The minimum atomic E-state index is -0.269. The maximum absolute atomic E-state index is 12.4. The van der Waals surface area contributed by atoms with Crippen LogP contribution in [0.2, 0.25) is 0 Å². The third-order valence-electron chi connectivity index (χ3n) is 5.21. The highest BCUT2D eigenvalue weighted by Gasteiger charge is 2.40. The van der Waals surface area contributed by atoms with Gasteiger partial charge in [-0.15, -0.1) is 24.8 Å². The van der Waals surface area contributed by atoms with Gasteiger partial charge in [-0.05, 0) is 57.5 Å². The van der Waals surface area contributed by atoms with E-state index < -0.39 is 0 Å². The molecule has 2 unspecified atom stereocenters. The molecule has 2 heterocycles. The SMILES string of the molecule is CCC1(C(=O)NCC2CCN(C3CC3)C2)CCCN1.Cl.Cl. The first-order valence-electron chi connectivity index (χ1n) is 8.01. The molecule has 3 aliphatic rings. The number of nitrogens with one attached hydrogen (secondary N) is 2. The Morgan fingerprint density at radius 2 is 2.10 bits per heavy atom. The Labute approximate surface area is 140 Å². The van der Waals surface area contributed by atoms with Gasteiger partial charge in [-0.1, -0.05) is 6.92 Å². The zero-order chi connectivity index (χ0) is 13.3. The summed E-state index contributed by atoms with van der Waals surface area (Å²) in [7, 11) is 0. The summed E-state index contributed by atoms with van der Waals surface area (Å²) >= 11 is 0. The van der Waals surface area contributed by atoms with E-state index in [-0.39, 0.29) is 36.3 Å². The van der Waals surface area contributed by atoms with E-state index in [0.717, 1.165) is 38.4 Å². The van der Waals surface area contributed by atoms with Crippen molar-refractivity contribution in [3.63, 3.8) is 0 Å². The Morgan fingerprint density at radius 1 is 1.33 bits per heavy atom. The van der Waals surface area contributed by atoms with E-state index in [1.165, 1.54) is 32.4 Å². The molecule has 2 aliphatic heterocycles. The summed E-state index contributed by atoms with van der Waals surface area (Å²) in [6.07, 6.45) is 7.05. The molecular weight excluding hydrogens is 309 g/mol. The molecule has 0 radical (unpaired) electrons. The van der Waals surface area contributed by atoms with Crippen LogP contribution in [-0.4, -0.2) is 48.6 Å². The summed E-state index contributed by atoms with van der Waals surface area (Å²) in [4.78, 5) is 15.0. The third-order valence-corrected chi connectivity index (χ3v) is 5.21. The van der Waals surface area contributed by atoms with Crippen LogP contribution in [0.1, 0.15) is 45.4 Å². The summed E-state index contributed by atoms with van der Waals surface area (Å²) in [5.41, 5.74) is -0.269. The number of nitrogens with zero attached hydrogens (tertiary/aromatic N) is 1. The maximum Gasteiger partial charge on any atom is 0.240 e. The molecule has 2 N–H and O–H groups in total. The number of amides is 1. The van der Waals surface area contributed by atoms with Gasteiger partial charge in [0.1, 0.15) is 0 Å². The van der Waals surface area contributed by atoms with Crippen LogP contribution in [0.25, 0.3) is 0 Å². The van der Waals surface area contributed by atoms with Crippen molar-refractivity contribution >= 4 is 30.7 Å². The number of carbonyl (C=O) groups excluding carboxylic acids is 1. The molecule has 21 heavy (non-hydrogen) atoms. The Kier molecular flexibility index (Phi) is 7.25. The molecule has 6 heteroatoms. The van der Waals surface area contributed by atoms with Gasteiger partial charge in [0.15, 0.2) is 0 Å². The summed E-state index contributed by atoms with van der Waals surface area (Å²) in [5.74, 6) is 0.900. The Morgan fingerprint density at radius 3 is 2.67 bits per heavy atom. The number of hydrogen-bond donors (Lipinski definition) is 2. The van der Waals surface area contributed by atoms with Crippen molar-refractivity contribution in [1.29, 1.82) is 0 Å². The summed E-state index contributed by atoms with van der Waals surface area (Å²) in [6.45, 7) is 6.40. The second kappa shape index (κ2) is 8.00. The Bertz CT molecular complexity index is 344. The Hall–Kier alpha value is -0.0300. The summed E-state index contributed by atoms with van der Waals surface area (Å²) in [6, 6.07) is 0.874. The van der Waals surface area contributed by atoms with Crippen molar-refractivity contribution in [2.24, 2.45) is 5.92 Å². The van der Waals surface area contributed by atoms with Crippen molar-refractivity contribution in [2.75, 3.05) is 26.2 Å². The topological polar surface area (TPSA) is 44.4 Å². The molecule has 0 aromatic carbocycles. The van der Waals surface area contributed by atoms with Crippen LogP contribution in [0.5, 0.6) is 0 Å². The van der Waals surface area contributed by atoms with Crippen LogP contribution >= 0.6 is 24.8 Å². The van der Waals surface area contributed by atoms with Gasteiger partial charge < -0.3 is 15.5 Å². The molecular formula is C15H29Cl2N3O. The normalized spacial score (nSPS) is 32.3. The highest BCUT2D eigenvalue weighted by Crippen LogP contribution is 2.31. The predicted molar refractivity (Wildman–Crippen MR) is 90.5 cm³/mol. The number of rotatable bonds is 5. The van der Waals surface area contributed by atoms with Crippen molar-refractivity contribution in [2.45, 2.75) is 57.0 Å². The van der Waals surface area contributed by atoms with E-state index in [9.17, 15) is 4.79 Å². The van der Waals surface area contributed by atoms with Gasteiger partial charge in [-0.2, -0.15) is 0 Å². The van der Waals surface area contributed by atoms with Crippen molar-refractivity contribution in [3.05, 3.63) is 0 Å². The molecule has 3 rings (SSSR count). The van der Waals surface area contributed by atoms with Gasteiger partial charge in [0.2, 0.25) is 5.91 Å². The average Bonchev–Trinajstić information content (AvgIpc) is 2.99. The van der Waals surface area contributed by atoms with Gasteiger partial charge in [0, 0.05) is 19.1 Å². The van der Waals surface area contributed by atoms with E-state index in [1.54, 1.807) is 0 Å². The molecule has 1 amide bonds. The lowest BCUT2D eigenvalue weighted by molar-refractivity contribution is -0.127. The van der Waals surface area contributed by atoms with Gasteiger partial charge in [0.25, 0.3) is 0 Å². The monoisotopic (exact) mass is 337 g/mol. The van der Waals surface area contributed by atoms with Crippen LogP contribution in [-0.2, 0) is 4.79 Å². The molecule has 124 valence electrons. The fourth-order valence-corrected chi connectivity index (χ4v) is 3.67. The van der Waals surface area contributed by atoms with Crippen molar-refractivity contribution in [1.82, 2.24) is 15.5 Å². The van der Waals surface area contributed by atoms with Crippen LogP contribution in [0.15, 0.2) is 0 Å². The molecule has 2 saturated heterocycles. The molecule has 3 fully saturated rings. The zero-order valence-corrected chi connectivity index (χ0v) is 14.5. The highest BCUT2D eigenvalue weighted by atomic mass is 35.5. The summed E-state index contributed by atoms with van der Waals surface area (Å²) in [5, 5.41) is 6.62. The minimum absolute atomic E-state index is 0. The molecule has 4 nitrogen and oxygen atoms in total. The maximum atomic E-state index is 12.4. The first-order chi connectivity index (χ1) is 9.23. The molecule has 2 atom stereocenters. The fourth-order valence-electron chi connectivity index (χ4n) is 3.67. The number of hydrogen-bond acceptors (Lipinski definition) is 3. The number of halogens is 2. The van der Waals surface area contributed by atoms with E-state index in [0.29, 0.717) is 5.92 Å². The van der Waals surface area contributed by atoms with Gasteiger partial charge in [-0.3, -0.25) is 4.79 Å². The highest BCUT2D eigenvalue weighted by molar-refractivity contribution is 5.86. The second-order valence-corrected chi connectivity index (χ2v) is 6.56. The van der Waals surface area contributed by atoms with E-state index in [2.05, 4.69) is 22.5 Å². The van der Waals surface area contributed by atoms with Gasteiger partial charge in [-0.25, -0.2) is 0 Å². The lowest BCUT2D eigenvalue weighted by Crippen LogP contribution is -2.53. The van der Waals surface area contributed by atoms with Gasteiger partial charge in [0.05, 0.1) is 5.54 Å². The fraction of sp³-hybridized carbons (Fsp3) is 0.933. The smallest absolute Gasteiger partial charge is 0.240 e. The molecule has 0 spiro atoms. The summed E-state index contributed by atoms with van der Waals surface area (Å²) < 4.78 is 0. The van der Waals surface area contributed by atoms with Crippen molar-refractivity contribution in [3.8, 4) is 0 Å².